The number of nitrogens with zero attached hydrogens (tertiary/aromatic N) is 1. The maximum atomic E-state index is 14.0. The highest BCUT2D eigenvalue weighted by Crippen LogP contribution is 2.30. The summed E-state index contributed by atoms with van der Waals surface area (Å²) in [5.74, 6) is -1.73. The zero-order valence-corrected chi connectivity index (χ0v) is 11.5. The number of rotatable bonds is 3. The Labute approximate surface area is 119 Å². The highest BCUT2D eigenvalue weighted by molar-refractivity contribution is 6.31. The van der Waals surface area contributed by atoms with E-state index in [-0.39, 0.29) is 18.5 Å². The summed E-state index contributed by atoms with van der Waals surface area (Å²) in [6, 6.07) is 4.52. The van der Waals surface area contributed by atoms with E-state index in [9.17, 15) is 14.0 Å². The third kappa shape index (κ3) is 2.56. The molecule has 1 heterocycles. The summed E-state index contributed by atoms with van der Waals surface area (Å²) in [6.07, 6.45) is -0.225. The van der Waals surface area contributed by atoms with Crippen molar-refractivity contribution in [1.29, 1.82) is 0 Å². The zero-order valence-electron chi connectivity index (χ0n) is 10.7. The third-order valence-corrected chi connectivity index (χ3v) is 3.52. The number of hydrogen-bond donors (Lipinski definition) is 1. The minimum absolute atomic E-state index is 0.0390. The van der Waals surface area contributed by atoms with Crippen molar-refractivity contribution in [2.24, 2.45) is 0 Å². The number of carboxylic acid groups (broad SMARTS) is 1. The average Bonchev–Trinajstić information content (AvgIpc) is 2.82. The lowest BCUT2D eigenvalue weighted by Gasteiger charge is -2.19. The summed E-state index contributed by atoms with van der Waals surface area (Å²) in [7, 11) is 1.40. The highest BCUT2D eigenvalue weighted by Gasteiger charge is 2.47. The molecule has 0 aliphatic carbocycles. The molecular weight excluding hydrogens is 289 g/mol. The normalized spacial score (nSPS) is 21.9. The number of carbonyl (C=O) groups excluding carboxylic acids is 1. The van der Waals surface area contributed by atoms with Crippen LogP contribution in [0.15, 0.2) is 18.2 Å². The van der Waals surface area contributed by atoms with Crippen molar-refractivity contribution in [3.8, 4) is 5.75 Å². The topological polar surface area (TPSA) is 66.8 Å². The Hall–Kier alpha value is -1.82. The van der Waals surface area contributed by atoms with E-state index in [4.69, 9.17) is 21.4 Å². The number of alkyl halides is 1. The molecule has 108 valence electrons. The van der Waals surface area contributed by atoms with Gasteiger partial charge >= 0.3 is 5.97 Å². The molecule has 1 amide bonds. The van der Waals surface area contributed by atoms with Crippen molar-refractivity contribution in [3.05, 3.63) is 28.8 Å². The van der Waals surface area contributed by atoms with E-state index in [0.717, 1.165) is 4.90 Å². The summed E-state index contributed by atoms with van der Waals surface area (Å²) < 4.78 is 19.0. The lowest BCUT2D eigenvalue weighted by molar-refractivity contribution is -0.149. The molecule has 0 radical (unpaired) electrons. The molecule has 1 unspecified atom stereocenters. The first kappa shape index (κ1) is 14.6. The molecule has 1 fully saturated rings. The van der Waals surface area contributed by atoms with Gasteiger partial charge in [0.05, 0.1) is 19.2 Å². The number of likely N-dealkylation sites (tertiary alicyclic amines) is 1. The van der Waals surface area contributed by atoms with E-state index in [1.807, 2.05) is 0 Å². The molecule has 7 heteroatoms. The van der Waals surface area contributed by atoms with Crippen LogP contribution in [-0.2, 0) is 4.79 Å². The summed E-state index contributed by atoms with van der Waals surface area (Å²) in [5.41, 5.74) is -2.20. The molecular formula is C13H13ClFNO4. The third-order valence-electron chi connectivity index (χ3n) is 3.28. The Morgan fingerprint density at radius 2 is 2.20 bits per heavy atom. The molecule has 20 heavy (non-hydrogen) atoms. The van der Waals surface area contributed by atoms with Crippen molar-refractivity contribution in [3.63, 3.8) is 0 Å². The molecule has 0 saturated carbocycles. The fraction of sp³-hybridized carbons (Fsp3) is 0.385. The molecule has 0 spiro atoms. The number of halogens is 2. The second-order valence-electron chi connectivity index (χ2n) is 4.59. The van der Waals surface area contributed by atoms with Crippen molar-refractivity contribution in [2.75, 3.05) is 20.2 Å². The van der Waals surface area contributed by atoms with Crippen LogP contribution in [0.4, 0.5) is 4.39 Å². The molecule has 0 bridgehead atoms. The van der Waals surface area contributed by atoms with Gasteiger partial charge in [0.25, 0.3) is 5.91 Å². The first-order chi connectivity index (χ1) is 9.37. The van der Waals surface area contributed by atoms with E-state index in [0.29, 0.717) is 10.8 Å². The monoisotopic (exact) mass is 301 g/mol. The molecule has 0 aromatic heterocycles. The average molecular weight is 302 g/mol. The van der Waals surface area contributed by atoms with Crippen LogP contribution >= 0.6 is 11.6 Å². The van der Waals surface area contributed by atoms with Gasteiger partial charge < -0.3 is 14.7 Å². The predicted octanol–water partition coefficient (Wildman–Crippen LogP) is 1.99. The first-order valence-corrected chi connectivity index (χ1v) is 6.30. The largest absolute Gasteiger partial charge is 0.496 e. The van der Waals surface area contributed by atoms with Crippen LogP contribution in [-0.4, -0.2) is 47.8 Å². The minimum Gasteiger partial charge on any atom is -0.496 e. The lowest BCUT2D eigenvalue weighted by atomic mass is 10.1. The van der Waals surface area contributed by atoms with Gasteiger partial charge in [-0.1, -0.05) is 11.6 Å². The van der Waals surface area contributed by atoms with Crippen LogP contribution in [0.3, 0.4) is 0 Å². The van der Waals surface area contributed by atoms with Crippen LogP contribution in [0.2, 0.25) is 5.02 Å². The minimum atomic E-state index is -2.39. The maximum Gasteiger partial charge on any atom is 0.343 e. The second kappa shape index (κ2) is 5.28. The SMILES string of the molecule is COc1ccc(Cl)cc1C(=O)N1CCC(F)(C(=O)O)C1. The molecule has 1 aromatic carbocycles. The Morgan fingerprint density at radius 3 is 2.75 bits per heavy atom. The molecule has 1 aliphatic rings. The number of ether oxygens (including phenoxy) is 1. The van der Waals surface area contributed by atoms with Crippen molar-refractivity contribution < 1.29 is 23.8 Å². The standard InChI is InChI=1S/C13H13ClFNO4/c1-20-10-3-2-8(14)6-9(10)11(17)16-5-4-13(15,7-16)12(18)19/h2-3,6H,4-5,7H2,1H3,(H,18,19). The number of methoxy groups -OCH3 is 1. The molecule has 1 N–H and O–H groups in total. The number of amides is 1. The Balaban J connectivity index is 2.25. The van der Waals surface area contributed by atoms with Crippen LogP contribution in [0.5, 0.6) is 5.75 Å². The second-order valence-corrected chi connectivity index (χ2v) is 5.03. The zero-order chi connectivity index (χ0) is 14.9. The number of hydrogen-bond acceptors (Lipinski definition) is 3. The van der Waals surface area contributed by atoms with Gasteiger partial charge in [-0.3, -0.25) is 4.79 Å². The van der Waals surface area contributed by atoms with E-state index >= 15 is 0 Å². The van der Waals surface area contributed by atoms with Crippen LogP contribution in [0, 0.1) is 0 Å². The summed E-state index contributed by atoms with van der Waals surface area (Å²) in [4.78, 5) is 24.3. The number of benzene rings is 1. The smallest absolute Gasteiger partial charge is 0.343 e. The van der Waals surface area contributed by atoms with Gasteiger partial charge in [0.1, 0.15) is 5.75 Å². The molecule has 1 saturated heterocycles. The fourth-order valence-electron chi connectivity index (χ4n) is 2.14. The van der Waals surface area contributed by atoms with E-state index in [1.54, 1.807) is 6.07 Å². The van der Waals surface area contributed by atoms with Crippen molar-refractivity contribution in [2.45, 2.75) is 12.1 Å². The van der Waals surface area contributed by atoms with Crippen LogP contribution in [0.25, 0.3) is 0 Å². The van der Waals surface area contributed by atoms with E-state index in [2.05, 4.69) is 0 Å². The molecule has 2 rings (SSSR count). The Morgan fingerprint density at radius 1 is 1.50 bits per heavy atom. The quantitative estimate of drug-likeness (QED) is 0.927. The van der Waals surface area contributed by atoms with Gasteiger partial charge in [0, 0.05) is 18.0 Å². The summed E-state index contributed by atoms with van der Waals surface area (Å²) in [5, 5.41) is 9.17. The van der Waals surface area contributed by atoms with Crippen molar-refractivity contribution >= 4 is 23.5 Å². The molecule has 1 aliphatic heterocycles. The molecule has 5 nitrogen and oxygen atoms in total. The fourth-order valence-corrected chi connectivity index (χ4v) is 2.31. The van der Waals surface area contributed by atoms with Crippen LogP contribution < -0.4 is 4.74 Å². The van der Waals surface area contributed by atoms with Gasteiger partial charge in [-0.05, 0) is 18.2 Å². The van der Waals surface area contributed by atoms with Gasteiger partial charge in [-0.2, -0.15) is 0 Å². The Kier molecular flexibility index (Phi) is 3.85. The molecule has 1 aromatic rings. The number of carbonyl (C=O) groups is 2. The maximum absolute atomic E-state index is 14.0. The van der Waals surface area contributed by atoms with E-state index in [1.165, 1.54) is 19.2 Å². The van der Waals surface area contributed by atoms with Crippen molar-refractivity contribution in [1.82, 2.24) is 4.90 Å². The number of carboxylic acids is 1. The first-order valence-electron chi connectivity index (χ1n) is 5.92. The summed E-state index contributed by atoms with van der Waals surface area (Å²) >= 11 is 5.84. The van der Waals surface area contributed by atoms with Gasteiger partial charge in [-0.25, -0.2) is 9.18 Å². The van der Waals surface area contributed by atoms with Crippen LogP contribution in [0.1, 0.15) is 16.8 Å². The van der Waals surface area contributed by atoms with Gasteiger partial charge in [0.2, 0.25) is 5.67 Å². The molecule has 1 atom stereocenters. The number of aliphatic carboxylic acids is 1. The predicted molar refractivity (Wildman–Crippen MR) is 70.0 cm³/mol. The lowest BCUT2D eigenvalue weighted by Crippen LogP contribution is -2.39. The Bertz CT molecular complexity index is 565. The highest BCUT2D eigenvalue weighted by atomic mass is 35.5. The van der Waals surface area contributed by atoms with Gasteiger partial charge in [-0.15, -0.1) is 0 Å². The van der Waals surface area contributed by atoms with Gasteiger partial charge in [0.15, 0.2) is 0 Å². The summed E-state index contributed by atoms with van der Waals surface area (Å²) in [6.45, 7) is -0.436. The van der Waals surface area contributed by atoms with E-state index < -0.39 is 24.1 Å².